The van der Waals surface area contributed by atoms with Crippen LogP contribution in [0, 0.1) is 11.3 Å². The van der Waals surface area contributed by atoms with Crippen LogP contribution in [0.3, 0.4) is 0 Å². The van der Waals surface area contributed by atoms with E-state index < -0.39 is 0 Å². The summed E-state index contributed by atoms with van der Waals surface area (Å²) in [5.41, 5.74) is 0.122. The minimum absolute atomic E-state index is 0.122. The van der Waals surface area contributed by atoms with Crippen LogP contribution >= 0.6 is 0 Å². The van der Waals surface area contributed by atoms with Crippen molar-refractivity contribution in [2.45, 2.75) is 59.8 Å². The van der Waals surface area contributed by atoms with Crippen LogP contribution in [-0.2, 0) is 4.79 Å². The molecule has 0 radical (unpaired) electrons. The number of hydrogen-bond acceptors (Lipinski definition) is 1. The number of likely N-dealkylation sites (tertiary alicyclic amines) is 1. The van der Waals surface area contributed by atoms with Gasteiger partial charge in [0.1, 0.15) is 0 Å². The van der Waals surface area contributed by atoms with E-state index in [2.05, 4.69) is 32.6 Å². The van der Waals surface area contributed by atoms with Crippen LogP contribution in [0.15, 0.2) is 0 Å². The zero-order valence-electron chi connectivity index (χ0n) is 11.4. The van der Waals surface area contributed by atoms with Crippen LogP contribution in [0.1, 0.15) is 59.8 Å². The molecule has 94 valence electrons. The van der Waals surface area contributed by atoms with Crippen LogP contribution in [0.5, 0.6) is 0 Å². The molecule has 2 heteroatoms. The van der Waals surface area contributed by atoms with Crippen molar-refractivity contribution in [3.63, 3.8) is 0 Å². The summed E-state index contributed by atoms with van der Waals surface area (Å²) < 4.78 is 0. The second-order valence-corrected chi connectivity index (χ2v) is 6.35. The fraction of sp³-hybridized carbons (Fsp3) is 0.929. The molecule has 2 nitrogen and oxygen atoms in total. The van der Waals surface area contributed by atoms with Gasteiger partial charge in [-0.25, -0.2) is 0 Å². The molecule has 0 atom stereocenters. The lowest BCUT2D eigenvalue weighted by molar-refractivity contribution is -0.134. The van der Waals surface area contributed by atoms with E-state index in [4.69, 9.17) is 0 Å². The molecule has 1 aliphatic heterocycles. The van der Waals surface area contributed by atoms with Crippen molar-refractivity contribution in [1.29, 1.82) is 0 Å². The van der Waals surface area contributed by atoms with E-state index in [1.54, 1.807) is 0 Å². The molecule has 16 heavy (non-hydrogen) atoms. The summed E-state index contributed by atoms with van der Waals surface area (Å²) in [6.45, 7) is 10.6. The molecule has 1 fully saturated rings. The van der Waals surface area contributed by atoms with Crippen molar-refractivity contribution in [1.82, 2.24) is 4.90 Å². The molecule has 0 bridgehead atoms. The maximum absolute atomic E-state index is 12.0. The molecule has 1 heterocycles. The molecule has 1 amide bonds. The van der Waals surface area contributed by atoms with Crippen LogP contribution in [-0.4, -0.2) is 23.9 Å². The number of carbonyl (C=O) groups excluding carboxylic acids is 1. The highest BCUT2D eigenvalue weighted by atomic mass is 16.2. The highest BCUT2D eigenvalue weighted by Gasteiger charge is 2.25. The van der Waals surface area contributed by atoms with E-state index in [1.165, 1.54) is 25.7 Å². The molecule has 0 N–H and O–H groups in total. The normalized spacial score (nSPS) is 18.9. The van der Waals surface area contributed by atoms with Gasteiger partial charge in [-0.3, -0.25) is 4.79 Å². The summed E-state index contributed by atoms with van der Waals surface area (Å²) in [4.78, 5) is 14.1. The lowest BCUT2D eigenvalue weighted by Crippen LogP contribution is -2.39. The Morgan fingerprint density at radius 1 is 1.25 bits per heavy atom. The second-order valence-electron chi connectivity index (χ2n) is 6.35. The minimum Gasteiger partial charge on any atom is -0.343 e. The number of carbonyl (C=O) groups is 1. The first-order valence-electron chi connectivity index (χ1n) is 6.70. The predicted octanol–water partition coefficient (Wildman–Crippen LogP) is 3.46. The van der Waals surface area contributed by atoms with Gasteiger partial charge in [-0.15, -0.1) is 0 Å². The van der Waals surface area contributed by atoms with Gasteiger partial charge in [0.05, 0.1) is 0 Å². The van der Waals surface area contributed by atoms with Crippen molar-refractivity contribution < 1.29 is 4.79 Å². The van der Waals surface area contributed by atoms with Gasteiger partial charge in [-0.05, 0) is 24.2 Å². The Morgan fingerprint density at radius 3 is 2.25 bits per heavy atom. The van der Waals surface area contributed by atoms with Crippen molar-refractivity contribution in [3.8, 4) is 0 Å². The molecule has 0 aromatic heterocycles. The average Bonchev–Trinajstić information content (AvgIpc) is 2.16. The largest absolute Gasteiger partial charge is 0.343 e. The van der Waals surface area contributed by atoms with Gasteiger partial charge in [0.2, 0.25) is 5.91 Å². The summed E-state index contributed by atoms with van der Waals surface area (Å²) in [5.74, 6) is 1.21. The fourth-order valence-corrected chi connectivity index (χ4v) is 2.44. The Balaban J connectivity index is 2.33. The molecule has 0 spiro atoms. The van der Waals surface area contributed by atoms with Gasteiger partial charge in [-0.2, -0.15) is 0 Å². The van der Waals surface area contributed by atoms with Crippen molar-refractivity contribution in [2.75, 3.05) is 13.1 Å². The van der Waals surface area contributed by atoms with E-state index in [-0.39, 0.29) is 5.41 Å². The van der Waals surface area contributed by atoms with E-state index in [1.807, 2.05) is 0 Å². The summed E-state index contributed by atoms with van der Waals surface area (Å²) in [7, 11) is 0. The highest BCUT2D eigenvalue weighted by Crippen LogP contribution is 2.25. The monoisotopic (exact) mass is 225 g/mol. The number of piperidine rings is 1. The van der Waals surface area contributed by atoms with Gasteiger partial charge in [0, 0.05) is 19.5 Å². The third-order valence-corrected chi connectivity index (χ3v) is 3.35. The Morgan fingerprint density at radius 2 is 1.81 bits per heavy atom. The van der Waals surface area contributed by atoms with Crippen molar-refractivity contribution in [3.05, 3.63) is 0 Å². The molecule has 1 rings (SSSR count). The quantitative estimate of drug-likeness (QED) is 0.720. The average molecular weight is 225 g/mol. The third kappa shape index (κ3) is 4.54. The molecule has 0 aliphatic carbocycles. The summed E-state index contributed by atoms with van der Waals surface area (Å²) in [6, 6.07) is 0. The maximum Gasteiger partial charge on any atom is 0.223 e. The van der Waals surface area contributed by atoms with E-state index in [0.29, 0.717) is 12.3 Å². The van der Waals surface area contributed by atoms with E-state index in [9.17, 15) is 4.79 Å². The maximum atomic E-state index is 12.0. The molecule has 0 saturated carbocycles. The van der Waals surface area contributed by atoms with Crippen LogP contribution in [0.2, 0.25) is 0 Å². The smallest absolute Gasteiger partial charge is 0.223 e. The minimum atomic E-state index is 0.122. The summed E-state index contributed by atoms with van der Waals surface area (Å²) in [6.07, 6.45) is 5.72. The van der Waals surface area contributed by atoms with Gasteiger partial charge in [0.25, 0.3) is 0 Å². The zero-order valence-corrected chi connectivity index (χ0v) is 11.4. The SMILES string of the molecule is CCCC1CCN(C(=O)CC(C)(C)C)CC1. The molecule has 0 aromatic rings. The molecule has 1 saturated heterocycles. The number of hydrogen-bond donors (Lipinski definition) is 0. The Labute approximate surface area is 100 Å². The molecule has 1 aliphatic rings. The Kier molecular flexibility index (Phi) is 4.82. The number of rotatable bonds is 3. The van der Waals surface area contributed by atoms with Crippen LogP contribution in [0.4, 0.5) is 0 Å². The van der Waals surface area contributed by atoms with Gasteiger partial charge < -0.3 is 4.90 Å². The van der Waals surface area contributed by atoms with Crippen LogP contribution in [0.25, 0.3) is 0 Å². The van der Waals surface area contributed by atoms with Gasteiger partial charge >= 0.3 is 0 Å². The molecule has 0 aromatic carbocycles. The zero-order chi connectivity index (χ0) is 12.2. The van der Waals surface area contributed by atoms with Crippen molar-refractivity contribution >= 4 is 5.91 Å². The predicted molar refractivity (Wildman–Crippen MR) is 68.3 cm³/mol. The summed E-state index contributed by atoms with van der Waals surface area (Å²) in [5, 5.41) is 0. The van der Waals surface area contributed by atoms with E-state index >= 15 is 0 Å². The van der Waals surface area contributed by atoms with Gasteiger partial charge in [-0.1, -0.05) is 40.5 Å². The first kappa shape index (κ1) is 13.5. The Bertz CT molecular complexity index is 221. The molecular formula is C14H27NO. The fourth-order valence-electron chi connectivity index (χ4n) is 2.44. The second kappa shape index (κ2) is 5.70. The topological polar surface area (TPSA) is 20.3 Å². The lowest BCUT2D eigenvalue weighted by atomic mass is 9.89. The molecule has 0 unspecified atom stereocenters. The summed E-state index contributed by atoms with van der Waals surface area (Å²) >= 11 is 0. The van der Waals surface area contributed by atoms with E-state index in [0.717, 1.165) is 19.0 Å². The number of nitrogens with zero attached hydrogens (tertiary/aromatic N) is 1. The third-order valence-electron chi connectivity index (χ3n) is 3.35. The highest BCUT2D eigenvalue weighted by molar-refractivity contribution is 5.76. The number of amides is 1. The first-order valence-corrected chi connectivity index (χ1v) is 6.70. The first-order chi connectivity index (χ1) is 7.42. The van der Waals surface area contributed by atoms with Crippen LogP contribution < -0.4 is 0 Å². The standard InChI is InChI=1S/C14H27NO/c1-5-6-12-7-9-15(10-8-12)13(16)11-14(2,3)4/h12H,5-11H2,1-4H3. The Hall–Kier alpha value is -0.530. The lowest BCUT2D eigenvalue weighted by Gasteiger charge is -2.33. The van der Waals surface area contributed by atoms with Gasteiger partial charge in [0.15, 0.2) is 0 Å². The molecular weight excluding hydrogens is 198 g/mol. The van der Waals surface area contributed by atoms with Crippen molar-refractivity contribution in [2.24, 2.45) is 11.3 Å².